The minimum absolute atomic E-state index is 0.202. The number of nitrogens with one attached hydrogen (secondary N) is 1. The molecule has 0 saturated carbocycles. The van der Waals surface area contributed by atoms with Gasteiger partial charge in [0, 0.05) is 12.0 Å². The lowest BCUT2D eigenvalue weighted by Crippen LogP contribution is -2.29. The third kappa shape index (κ3) is 0.907. The van der Waals surface area contributed by atoms with E-state index in [0.29, 0.717) is 13.1 Å². The van der Waals surface area contributed by atoms with Gasteiger partial charge < -0.3 is 9.73 Å². The normalized spacial score (nSPS) is 20.2. The fraction of sp³-hybridized carbons (Fsp3) is 0.500. The lowest BCUT2D eigenvalue weighted by atomic mass is 10.0. The van der Waals surface area contributed by atoms with E-state index in [1.54, 1.807) is 0 Å². The van der Waals surface area contributed by atoms with E-state index in [0.717, 1.165) is 36.3 Å². The Morgan fingerprint density at radius 2 is 2.08 bits per heavy atom. The number of carbonyl (C=O) groups is 1. The molecule has 68 valence electrons. The van der Waals surface area contributed by atoms with Gasteiger partial charge in [0.15, 0.2) is 5.78 Å². The molecule has 1 aromatic heterocycles. The van der Waals surface area contributed by atoms with E-state index in [2.05, 4.69) is 5.32 Å². The van der Waals surface area contributed by atoms with Crippen molar-refractivity contribution in [2.24, 2.45) is 0 Å². The number of aryl methyl sites for hydroxylation is 1. The molecule has 3 rings (SSSR count). The number of hydrogen-bond donors (Lipinski definition) is 1. The van der Waals surface area contributed by atoms with Gasteiger partial charge in [-0.15, -0.1) is 0 Å². The molecule has 1 aliphatic heterocycles. The Labute approximate surface area is 76.1 Å². The predicted octanol–water partition coefficient (Wildman–Crippen LogP) is 1.05. The second-order valence-corrected chi connectivity index (χ2v) is 3.68. The topological polar surface area (TPSA) is 42.2 Å². The molecule has 1 aliphatic carbocycles. The van der Waals surface area contributed by atoms with Crippen molar-refractivity contribution in [1.29, 1.82) is 0 Å². The molecule has 3 heteroatoms. The van der Waals surface area contributed by atoms with Crippen molar-refractivity contribution in [2.75, 3.05) is 6.54 Å². The van der Waals surface area contributed by atoms with Crippen LogP contribution in [0.3, 0.4) is 0 Å². The van der Waals surface area contributed by atoms with E-state index in [9.17, 15) is 4.79 Å². The number of hydrogen-bond acceptors (Lipinski definition) is 3. The molecule has 0 spiro atoms. The largest absolute Gasteiger partial charge is 0.464 e. The Hall–Kier alpha value is -1.09. The summed E-state index contributed by atoms with van der Waals surface area (Å²) in [6.45, 7) is 1.19. The summed E-state index contributed by atoms with van der Waals surface area (Å²) in [4.78, 5) is 11.6. The van der Waals surface area contributed by atoms with Gasteiger partial charge in [-0.1, -0.05) is 0 Å². The van der Waals surface area contributed by atoms with Gasteiger partial charge in [0.05, 0.1) is 18.7 Å². The van der Waals surface area contributed by atoms with Crippen LogP contribution in [0.25, 0.3) is 0 Å². The third-order valence-corrected chi connectivity index (χ3v) is 2.84. The highest BCUT2D eigenvalue weighted by atomic mass is 16.3. The predicted molar refractivity (Wildman–Crippen MR) is 46.8 cm³/mol. The number of Topliss-reactive ketones (excluding diaryl/α,β-unsaturated/α-hetero) is 1. The van der Waals surface area contributed by atoms with E-state index in [-0.39, 0.29) is 5.78 Å². The molecule has 13 heavy (non-hydrogen) atoms. The molecule has 0 aromatic carbocycles. The van der Waals surface area contributed by atoms with Crippen LogP contribution in [-0.4, -0.2) is 12.3 Å². The van der Waals surface area contributed by atoms with E-state index in [1.807, 2.05) is 0 Å². The maximum Gasteiger partial charge on any atom is 0.180 e. The van der Waals surface area contributed by atoms with Crippen LogP contribution in [0.1, 0.15) is 33.9 Å². The van der Waals surface area contributed by atoms with Gasteiger partial charge in [0.1, 0.15) is 11.5 Å². The average molecular weight is 177 g/mol. The van der Waals surface area contributed by atoms with Gasteiger partial charge >= 0.3 is 0 Å². The van der Waals surface area contributed by atoms with E-state index in [4.69, 9.17) is 4.42 Å². The molecule has 0 saturated heterocycles. The summed E-state index contributed by atoms with van der Waals surface area (Å²) >= 11 is 0. The van der Waals surface area contributed by atoms with Crippen LogP contribution < -0.4 is 5.32 Å². The summed E-state index contributed by atoms with van der Waals surface area (Å²) in [6.07, 6.45) is 3.18. The zero-order chi connectivity index (χ0) is 8.84. The molecule has 0 radical (unpaired) electrons. The van der Waals surface area contributed by atoms with Crippen molar-refractivity contribution >= 4 is 5.78 Å². The van der Waals surface area contributed by atoms with Gasteiger partial charge in [0.25, 0.3) is 0 Å². The summed E-state index contributed by atoms with van der Waals surface area (Å²) in [5, 5.41) is 3.04. The molecule has 0 unspecified atom stereocenters. The third-order valence-electron chi connectivity index (χ3n) is 2.84. The maximum atomic E-state index is 11.6. The molecule has 0 bridgehead atoms. The molecule has 0 atom stereocenters. The van der Waals surface area contributed by atoms with Crippen molar-refractivity contribution in [3.05, 3.63) is 22.6 Å². The number of rotatable bonds is 0. The van der Waals surface area contributed by atoms with E-state index >= 15 is 0 Å². The van der Waals surface area contributed by atoms with Crippen LogP contribution in [0.15, 0.2) is 4.42 Å². The zero-order valence-corrected chi connectivity index (χ0v) is 7.35. The van der Waals surface area contributed by atoms with Crippen LogP contribution in [0, 0.1) is 0 Å². The molecule has 2 aliphatic rings. The van der Waals surface area contributed by atoms with Crippen molar-refractivity contribution < 1.29 is 9.21 Å². The highest BCUT2D eigenvalue weighted by Crippen LogP contribution is 2.32. The van der Waals surface area contributed by atoms with Gasteiger partial charge in [-0.3, -0.25) is 4.79 Å². The molecular formula is C10H11NO2. The number of carbonyl (C=O) groups excluding carboxylic acids is 1. The van der Waals surface area contributed by atoms with Gasteiger partial charge in [0.2, 0.25) is 0 Å². The van der Waals surface area contributed by atoms with Crippen molar-refractivity contribution in [2.45, 2.75) is 25.8 Å². The van der Waals surface area contributed by atoms with Gasteiger partial charge in [-0.2, -0.15) is 0 Å². The highest BCUT2D eigenvalue weighted by Gasteiger charge is 2.29. The summed E-state index contributed by atoms with van der Waals surface area (Å²) in [5.41, 5.74) is 2.09. The highest BCUT2D eigenvalue weighted by molar-refractivity contribution is 6.01. The zero-order valence-electron chi connectivity index (χ0n) is 7.35. The van der Waals surface area contributed by atoms with Gasteiger partial charge in [-0.25, -0.2) is 0 Å². The van der Waals surface area contributed by atoms with Crippen LogP contribution >= 0.6 is 0 Å². The Balaban J connectivity index is 2.21. The second kappa shape index (κ2) is 2.45. The van der Waals surface area contributed by atoms with Crippen LogP contribution in [-0.2, 0) is 19.4 Å². The molecule has 0 amide bonds. The minimum Gasteiger partial charge on any atom is -0.464 e. The molecule has 2 heterocycles. The fourth-order valence-electron chi connectivity index (χ4n) is 2.29. The first-order valence-electron chi connectivity index (χ1n) is 4.73. The summed E-state index contributed by atoms with van der Waals surface area (Å²) in [5.74, 6) is 2.12. The lowest BCUT2D eigenvalue weighted by Gasteiger charge is -2.10. The van der Waals surface area contributed by atoms with E-state index in [1.165, 1.54) is 5.56 Å². The minimum atomic E-state index is 0.202. The summed E-state index contributed by atoms with van der Waals surface area (Å²) < 4.78 is 5.64. The average Bonchev–Trinajstić information content (AvgIpc) is 2.62. The van der Waals surface area contributed by atoms with Crippen molar-refractivity contribution in [3.63, 3.8) is 0 Å². The Morgan fingerprint density at radius 3 is 3.00 bits per heavy atom. The first-order chi connectivity index (χ1) is 6.36. The van der Waals surface area contributed by atoms with E-state index < -0.39 is 0 Å². The maximum absolute atomic E-state index is 11.6. The smallest absolute Gasteiger partial charge is 0.180 e. The second-order valence-electron chi connectivity index (χ2n) is 3.68. The SMILES string of the molecule is O=C1CNCc2oc3c(c21)CCC3. The van der Waals surface area contributed by atoms with Crippen molar-refractivity contribution in [3.8, 4) is 0 Å². The van der Waals surface area contributed by atoms with Gasteiger partial charge in [-0.05, 0) is 12.8 Å². The molecular weight excluding hydrogens is 166 g/mol. The number of ketones is 1. The molecule has 0 fully saturated rings. The Morgan fingerprint density at radius 1 is 1.15 bits per heavy atom. The quantitative estimate of drug-likeness (QED) is 0.644. The van der Waals surface area contributed by atoms with Crippen molar-refractivity contribution in [1.82, 2.24) is 5.32 Å². The molecule has 3 nitrogen and oxygen atoms in total. The molecule has 1 aromatic rings. The first kappa shape index (κ1) is 7.33. The standard InChI is InChI=1S/C10H11NO2/c12-7-4-11-5-9-10(7)6-2-1-3-8(6)13-9/h11H,1-5H2. The summed E-state index contributed by atoms with van der Waals surface area (Å²) in [7, 11) is 0. The molecule has 1 N–H and O–H groups in total. The number of fused-ring (bicyclic) bond motifs is 3. The number of furan rings is 1. The Kier molecular flexibility index (Phi) is 1.38. The van der Waals surface area contributed by atoms with Crippen LogP contribution in [0.2, 0.25) is 0 Å². The monoisotopic (exact) mass is 177 g/mol. The lowest BCUT2D eigenvalue weighted by molar-refractivity contribution is 0.0978. The first-order valence-corrected chi connectivity index (χ1v) is 4.73. The Bertz CT molecular complexity index is 379. The summed E-state index contributed by atoms with van der Waals surface area (Å²) in [6, 6.07) is 0. The van der Waals surface area contributed by atoms with Crippen LogP contribution in [0.5, 0.6) is 0 Å². The van der Waals surface area contributed by atoms with Crippen LogP contribution in [0.4, 0.5) is 0 Å². The fourth-order valence-corrected chi connectivity index (χ4v) is 2.29.